The molecule has 2 rings (SSSR count). The molecule has 0 aliphatic heterocycles. The second-order valence-electron chi connectivity index (χ2n) is 4.79. The zero-order valence-electron chi connectivity index (χ0n) is 10.5. The summed E-state index contributed by atoms with van der Waals surface area (Å²) in [5.74, 6) is 0.0179. The molecule has 1 fully saturated rings. The predicted octanol–water partition coefficient (Wildman–Crippen LogP) is 2.74. The molecule has 18 heavy (non-hydrogen) atoms. The second kappa shape index (κ2) is 5.85. The molecule has 1 aromatic carbocycles. The number of amides is 1. The van der Waals surface area contributed by atoms with Crippen LogP contribution in [0.1, 0.15) is 35.2 Å². The van der Waals surface area contributed by atoms with Gasteiger partial charge in [-0.1, -0.05) is 11.6 Å². The summed E-state index contributed by atoms with van der Waals surface area (Å²) in [5.41, 5.74) is 1.76. The van der Waals surface area contributed by atoms with Crippen molar-refractivity contribution in [2.24, 2.45) is 0 Å². The predicted molar refractivity (Wildman–Crippen MR) is 74.6 cm³/mol. The monoisotopic (exact) mass is 311 g/mol. The van der Waals surface area contributed by atoms with E-state index in [0.29, 0.717) is 18.2 Å². The number of rotatable bonds is 4. The summed E-state index contributed by atoms with van der Waals surface area (Å²) < 4.78 is 0.820. The average Bonchev–Trinajstić information content (AvgIpc) is 2.28. The highest BCUT2D eigenvalue weighted by Gasteiger charge is 2.29. The third-order valence-corrected chi connectivity index (χ3v) is 4.16. The number of benzene rings is 1. The van der Waals surface area contributed by atoms with Crippen molar-refractivity contribution in [2.45, 2.75) is 32.2 Å². The van der Waals surface area contributed by atoms with Crippen LogP contribution < -0.4 is 0 Å². The molecule has 0 aromatic heterocycles. The normalized spacial score (nSPS) is 15.3. The van der Waals surface area contributed by atoms with Crippen molar-refractivity contribution in [3.63, 3.8) is 0 Å². The minimum Gasteiger partial charge on any atom is -0.395 e. The highest BCUT2D eigenvalue weighted by atomic mass is 79.9. The smallest absolute Gasteiger partial charge is 0.255 e. The van der Waals surface area contributed by atoms with Crippen LogP contribution in [-0.4, -0.2) is 35.1 Å². The Labute approximate surface area is 116 Å². The number of aryl methyl sites for hydroxylation is 1. The SMILES string of the molecule is Cc1ccc(Br)c(C(=O)N(CCO)C2CCC2)c1. The summed E-state index contributed by atoms with van der Waals surface area (Å²) in [7, 11) is 0. The zero-order chi connectivity index (χ0) is 13.1. The van der Waals surface area contributed by atoms with E-state index in [2.05, 4.69) is 15.9 Å². The largest absolute Gasteiger partial charge is 0.395 e. The molecule has 1 aliphatic rings. The number of carbonyl (C=O) groups is 1. The fraction of sp³-hybridized carbons (Fsp3) is 0.500. The van der Waals surface area contributed by atoms with E-state index in [1.54, 1.807) is 0 Å². The molecule has 0 spiro atoms. The molecule has 0 atom stereocenters. The fourth-order valence-corrected chi connectivity index (χ4v) is 2.63. The highest BCUT2D eigenvalue weighted by Crippen LogP contribution is 2.28. The second-order valence-corrected chi connectivity index (χ2v) is 5.64. The van der Waals surface area contributed by atoms with Crippen LogP contribution in [0.3, 0.4) is 0 Å². The third-order valence-electron chi connectivity index (χ3n) is 3.47. The van der Waals surface area contributed by atoms with Gasteiger partial charge in [-0.2, -0.15) is 0 Å². The first kappa shape index (κ1) is 13.6. The fourth-order valence-electron chi connectivity index (χ4n) is 2.21. The average molecular weight is 312 g/mol. The van der Waals surface area contributed by atoms with E-state index in [0.717, 1.165) is 22.9 Å². The van der Waals surface area contributed by atoms with Gasteiger partial charge in [0.15, 0.2) is 0 Å². The van der Waals surface area contributed by atoms with Crippen LogP contribution in [0, 0.1) is 6.92 Å². The Bertz CT molecular complexity index is 443. The molecule has 1 amide bonds. The highest BCUT2D eigenvalue weighted by molar-refractivity contribution is 9.10. The van der Waals surface area contributed by atoms with Crippen LogP contribution >= 0.6 is 15.9 Å². The van der Waals surface area contributed by atoms with Crippen molar-refractivity contribution < 1.29 is 9.90 Å². The summed E-state index contributed by atoms with van der Waals surface area (Å²) in [6.45, 7) is 2.42. The number of hydrogen-bond acceptors (Lipinski definition) is 2. The zero-order valence-corrected chi connectivity index (χ0v) is 12.1. The minimum atomic E-state index is 0.0179. The van der Waals surface area contributed by atoms with E-state index in [-0.39, 0.29) is 12.5 Å². The van der Waals surface area contributed by atoms with E-state index < -0.39 is 0 Å². The Morgan fingerprint density at radius 1 is 1.50 bits per heavy atom. The van der Waals surface area contributed by atoms with E-state index in [1.807, 2.05) is 30.0 Å². The Kier molecular flexibility index (Phi) is 4.40. The Morgan fingerprint density at radius 2 is 2.22 bits per heavy atom. The van der Waals surface area contributed by atoms with Gasteiger partial charge in [0.05, 0.1) is 12.2 Å². The first-order valence-electron chi connectivity index (χ1n) is 6.31. The first-order valence-corrected chi connectivity index (χ1v) is 7.10. The van der Waals surface area contributed by atoms with E-state index in [9.17, 15) is 4.79 Å². The number of aliphatic hydroxyl groups is 1. The number of hydrogen-bond donors (Lipinski definition) is 1. The van der Waals surface area contributed by atoms with Crippen molar-refractivity contribution in [2.75, 3.05) is 13.2 Å². The molecule has 1 aromatic rings. The maximum Gasteiger partial charge on any atom is 0.255 e. The van der Waals surface area contributed by atoms with Crippen molar-refractivity contribution in [3.8, 4) is 0 Å². The summed E-state index contributed by atoms with van der Waals surface area (Å²) >= 11 is 3.43. The molecule has 1 saturated carbocycles. The third kappa shape index (κ3) is 2.75. The van der Waals surface area contributed by atoms with Crippen LogP contribution in [0.25, 0.3) is 0 Å². The molecule has 1 N–H and O–H groups in total. The number of aliphatic hydroxyl groups excluding tert-OH is 1. The molecule has 0 saturated heterocycles. The van der Waals surface area contributed by atoms with Gasteiger partial charge in [-0.3, -0.25) is 4.79 Å². The lowest BCUT2D eigenvalue weighted by molar-refractivity contribution is 0.0525. The van der Waals surface area contributed by atoms with Gasteiger partial charge in [-0.05, 0) is 54.2 Å². The van der Waals surface area contributed by atoms with Crippen LogP contribution in [0.2, 0.25) is 0 Å². The molecule has 4 heteroatoms. The Hall–Kier alpha value is -0.870. The lowest BCUT2D eigenvalue weighted by Gasteiger charge is -2.37. The summed E-state index contributed by atoms with van der Waals surface area (Å²) in [6, 6.07) is 6.08. The number of carbonyl (C=O) groups excluding carboxylic acids is 1. The first-order chi connectivity index (χ1) is 8.63. The molecule has 0 bridgehead atoms. The van der Waals surface area contributed by atoms with Gasteiger partial charge in [-0.25, -0.2) is 0 Å². The number of halogens is 1. The molecular formula is C14H18BrNO2. The lowest BCUT2D eigenvalue weighted by Crippen LogP contribution is -2.45. The molecule has 0 unspecified atom stereocenters. The van der Waals surface area contributed by atoms with Crippen molar-refractivity contribution >= 4 is 21.8 Å². The quantitative estimate of drug-likeness (QED) is 0.929. The van der Waals surface area contributed by atoms with Crippen molar-refractivity contribution in [1.82, 2.24) is 4.90 Å². The molecule has 1 aliphatic carbocycles. The Morgan fingerprint density at radius 3 is 2.78 bits per heavy atom. The van der Waals surface area contributed by atoms with Crippen molar-refractivity contribution in [1.29, 1.82) is 0 Å². The van der Waals surface area contributed by atoms with Crippen LogP contribution in [-0.2, 0) is 0 Å². The van der Waals surface area contributed by atoms with Crippen LogP contribution in [0.15, 0.2) is 22.7 Å². The van der Waals surface area contributed by atoms with Gasteiger partial charge in [0.2, 0.25) is 0 Å². The van der Waals surface area contributed by atoms with Gasteiger partial charge >= 0.3 is 0 Å². The van der Waals surface area contributed by atoms with E-state index >= 15 is 0 Å². The summed E-state index contributed by atoms with van der Waals surface area (Å²) in [5, 5.41) is 9.12. The standard InChI is InChI=1S/C14H18BrNO2/c1-10-5-6-13(15)12(9-10)14(18)16(7-8-17)11-3-2-4-11/h5-6,9,11,17H,2-4,7-8H2,1H3. The molecule has 98 valence electrons. The van der Waals surface area contributed by atoms with Gasteiger partial charge in [0.1, 0.15) is 0 Å². The minimum absolute atomic E-state index is 0.0179. The summed E-state index contributed by atoms with van der Waals surface area (Å²) in [6.07, 6.45) is 3.28. The van der Waals surface area contributed by atoms with E-state index in [1.165, 1.54) is 6.42 Å². The van der Waals surface area contributed by atoms with Crippen LogP contribution in [0.5, 0.6) is 0 Å². The number of nitrogens with zero attached hydrogens (tertiary/aromatic N) is 1. The molecule has 0 radical (unpaired) electrons. The van der Waals surface area contributed by atoms with Crippen LogP contribution in [0.4, 0.5) is 0 Å². The van der Waals surface area contributed by atoms with Gasteiger partial charge in [0.25, 0.3) is 5.91 Å². The van der Waals surface area contributed by atoms with Crippen molar-refractivity contribution in [3.05, 3.63) is 33.8 Å². The molecule has 0 heterocycles. The summed E-state index contributed by atoms with van der Waals surface area (Å²) in [4.78, 5) is 14.3. The van der Waals surface area contributed by atoms with Gasteiger partial charge in [-0.15, -0.1) is 0 Å². The molecular weight excluding hydrogens is 294 g/mol. The van der Waals surface area contributed by atoms with E-state index in [4.69, 9.17) is 5.11 Å². The lowest BCUT2D eigenvalue weighted by atomic mass is 9.91. The maximum atomic E-state index is 12.5. The van der Waals surface area contributed by atoms with Gasteiger partial charge < -0.3 is 10.0 Å². The Balaban J connectivity index is 2.23. The maximum absolute atomic E-state index is 12.5. The molecule has 3 nitrogen and oxygen atoms in total. The topological polar surface area (TPSA) is 40.5 Å². The van der Waals surface area contributed by atoms with Gasteiger partial charge in [0, 0.05) is 17.1 Å².